The molecule has 2 bridgehead atoms. The fraction of sp³-hybridized carbons (Fsp3) is 0.409. The number of amides is 2. The van der Waals surface area contributed by atoms with Gasteiger partial charge < -0.3 is 25.4 Å². The number of pyridine rings is 1. The number of anilines is 1. The molecule has 4 rings (SSSR count). The summed E-state index contributed by atoms with van der Waals surface area (Å²) in [6.07, 6.45) is 4.56. The SMILES string of the molecule is NCC(=O)Nc1cc(Cl)cnc1OCC(=O)N1C2CCC1CC(Oc1ccc(F)cc1)C2. The number of hydrogen-bond acceptors (Lipinski definition) is 6. The Morgan fingerprint density at radius 2 is 1.91 bits per heavy atom. The lowest BCUT2D eigenvalue weighted by Crippen LogP contribution is -2.50. The minimum atomic E-state index is -0.425. The van der Waals surface area contributed by atoms with Crippen LogP contribution in [0.1, 0.15) is 25.7 Å². The molecule has 2 saturated heterocycles. The van der Waals surface area contributed by atoms with E-state index in [-0.39, 0.29) is 54.6 Å². The largest absolute Gasteiger partial charge is 0.490 e. The van der Waals surface area contributed by atoms with Crippen LogP contribution in [0.4, 0.5) is 10.1 Å². The zero-order chi connectivity index (χ0) is 22.7. The Hall–Kier alpha value is -2.91. The number of aromatic nitrogens is 1. The highest BCUT2D eigenvalue weighted by Gasteiger charge is 2.44. The molecule has 1 aromatic heterocycles. The number of nitrogens with two attached hydrogens (primary N) is 1. The molecule has 3 N–H and O–H groups in total. The van der Waals surface area contributed by atoms with Crippen molar-refractivity contribution in [1.82, 2.24) is 9.88 Å². The molecule has 0 radical (unpaired) electrons. The van der Waals surface area contributed by atoms with E-state index in [1.54, 1.807) is 12.1 Å². The van der Waals surface area contributed by atoms with Gasteiger partial charge >= 0.3 is 0 Å². The van der Waals surface area contributed by atoms with Crippen molar-refractivity contribution in [2.75, 3.05) is 18.5 Å². The summed E-state index contributed by atoms with van der Waals surface area (Å²) in [6.45, 7) is -0.417. The smallest absolute Gasteiger partial charge is 0.261 e. The summed E-state index contributed by atoms with van der Waals surface area (Å²) in [5.41, 5.74) is 5.60. The Bertz CT molecular complexity index is 976. The molecule has 2 fully saturated rings. The van der Waals surface area contributed by atoms with E-state index in [1.165, 1.54) is 24.4 Å². The van der Waals surface area contributed by atoms with E-state index in [9.17, 15) is 14.0 Å². The van der Waals surface area contributed by atoms with E-state index in [1.807, 2.05) is 4.90 Å². The van der Waals surface area contributed by atoms with Crippen LogP contribution in [-0.4, -0.2) is 53.0 Å². The average Bonchev–Trinajstić information content (AvgIpc) is 3.05. The third-order valence-corrected chi connectivity index (χ3v) is 5.91. The molecular formula is C22H24ClFN4O4. The topological polar surface area (TPSA) is 107 Å². The highest BCUT2D eigenvalue weighted by Crippen LogP contribution is 2.37. The highest BCUT2D eigenvalue weighted by molar-refractivity contribution is 6.30. The molecule has 170 valence electrons. The lowest BCUT2D eigenvalue weighted by Gasteiger charge is -2.38. The predicted octanol–water partition coefficient (Wildman–Crippen LogP) is 2.75. The zero-order valence-electron chi connectivity index (χ0n) is 17.3. The number of carbonyl (C=O) groups excluding carboxylic acids is 2. The first-order chi connectivity index (χ1) is 15.4. The van der Waals surface area contributed by atoms with Crippen molar-refractivity contribution in [1.29, 1.82) is 0 Å². The van der Waals surface area contributed by atoms with Crippen molar-refractivity contribution in [3.63, 3.8) is 0 Å². The molecule has 2 aromatic rings. The first kappa shape index (κ1) is 22.3. The number of hydrogen-bond donors (Lipinski definition) is 2. The summed E-state index contributed by atoms with van der Waals surface area (Å²) in [6, 6.07) is 7.58. The van der Waals surface area contributed by atoms with Crippen molar-refractivity contribution in [2.24, 2.45) is 5.73 Å². The van der Waals surface area contributed by atoms with E-state index >= 15 is 0 Å². The van der Waals surface area contributed by atoms with Gasteiger partial charge in [0.05, 0.1) is 11.6 Å². The zero-order valence-corrected chi connectivity index (χ0v) is 18.1. The number of piperidine rings is 1. The molecule has 0 spiro atoms. The van der Waals surface area contributed by atoms with Crippen LogP contribution < -0.4 is 20.5 Å². The second-order valence-corrected chi connectivity index (χ2v) is 8.33. The van der Waals surface area contributed by atoms with Crippen LogP contribution in [-0.2, 0) is 9.59 Å². The number of benzene rings is 1. The minimum Gasteiger partial charge on any atom is -0.490 e. The van der Waals surface area contributed by atoms with Crippen molar-refractivity contribution >= 4 is 29.1 Å². The maximum absolute atomic E-state index is 13.1. The lowest BCUT2D eigenvalue weighted by molar-refractivity contribution is -0.139. The van der Waals surface area contributed by atoms with Crippen LogP contribution in [0.5, 0.6) is 11.6 Å². The molecule has 1 aromatic carbocycles. The third-order valence-electron chi connectivity index (χ3n) is 5.70. The maximum Gasteiger partial charge on any atom is 0.261 e. The van der Waals surface area contributed by atoms with Crippen molar-refractivity contribution in [2.45, 2.75) is 43.9 Å². The van der Waals surface area contributed by atoms with Gasteiger partial charge in [0.2, 0.25) is 11.8 Å². The molecule has 2 atom stereocenters. The van der Waals surface area contributed by atoms with E-state index in [0.717, 1.165) is 12.8 Å². The summed E-state index contributed by atoms with van der Waals surface area (Å²) >= 11 is 5.95. The molecule has 3 heterocycles. The minimum absolute atomic E-state index is 0.0288. The van der Waals surface area contributed by atoms with Crippen LogP contribution in [0, 0.1) is 5.82 Å². The standard InChI is InChI=1S/C22H24ClFN4O4/c23-13-7-19(27-20(29)10-25)22(26-11-13)31-12-21(30)28-15-3-4-16(28)9-18(8-15)32-17-5-1-14(24)2-6-17/h1-2,5-7,11,15-16,18H,3-4,8-10,12,25H2,(H,27,29). The van der Waals surface area contributed by atoms with Crippen LogP contribution in [0.2, 0.25) is 5.02 Å². The Morgan fingerprint density at radius 1 is 1.22 bits per heavy atom. The Morgan fingerprint density at radius 3 is 2.56 bits per heavy atom. The summed E-state index contributed by atoms with van der Waals surface area (Å²) in [4.78, 5) is 30.5. The number of nitrogens with zero attached hydrogens (tertiary/aromatic N) is 2. The monoisotopic (exact) mass is 462 g/mol. The van der Waals surface area contributed by atoms with Gasteiger partial charge in [0.1, 0.15) is 23.4 Å². The highest BCUT2D eigenvalue weighted by atomic mass is 35.5. The first-order valence-corrected chi connectivity index (χ1v) is 10.8. The molecule has 2 aliphatic heterocycles. The Balaban J connectivity index is 1.36. The summed E-state index contributed by atoms with van der Waals surface area (Å²) < 4.78 is 24.8. The van der Waals surface area contributed by atoms with Gasteiger partial charge in [-0.3, -0.25) is 9.59 Å². The normalized spacial score (nSPS) is 21.8. The number of fused-ring (bicyclic) bond motifs is 2. The van der Waals surface area contributed by atoms with Gasteiger partial charge in [-0.25, -0.2) is 9.37 Å². The molecule has 2 amide bonds. The van der Waals surface area contributed by atoms with Crippen LogP contribution in [0.15, 0.2) is 36.5 Å². The van der Waals surface area contributed by atoms with Crippen molar-refractivity contribution in [3.8, 4) is 11.6 Å². The molecular weight excluding hydrogens is 439 g/mol. The van der Waals surface area contributed by atoms with E-state index < -0.39 is 5.91 Å². The van der Waals surface area contributed by atoms with E-state index in [2.05, 4.69) is 10.3 Å². The van der Waals surface area contributed by atoms with E-state index in [4.69, 9.17) is 26.8 Å². The molecule has 2 aliphatic rings. The van der Waals surface area contributed by atoms with Crippen LogP contribution in [0.25, 0.3) is 0 Å². The molecule has 32 heavy (non-hydrogen) atoms. The second kappa shape index (κ2) is 9.70. The van der Waals surface area contributed by atoms with Crippen LogP contribution in [0.3, 0.4) is 0 Å². The fourth-order valence-electron chi connectivity index (χ4n) is 4.37. The number of carbonyl (C=O) groups is 2. The summed E-state index contributed by atoms with van der Waals surface area (Å²) in [5.74, 6) is -0.151. The van der Waals surface area contributed by atoms with Gasteiger partial charge in [-0.1, -0.05) is 11.6 Å². The van der Waals surface area contributed by atoms with Gasteiger partial charge in [-0.2, -0.15) is 0 Å². The number of nitrogens with one attached hydrogen (secondary N) is 1. The number of ether oxygens (including phenoxy) is 2. The van der Waals surface area contributed by atoms with Gasteiger partial charge in [0.15, 0.2) is 6.61 Å². The third kappa shape index (κ3) is 5.11. The van der Waals surface area contributed by atoms with Gasteiger partial charge in [0, 0.05) is 31.1 Å². The quantitative estimate of drug-likeness (QED) is 0.655. The van der Waals surface area contributed by atoms with E-state index in [0.29, 0.717) is 23.6 Å². The number of rotatable bonds is 7. The fourth-order valence-corrected chi connectivity index (χ4v) is 4.53. The van der Waals surface area contributed by atoms with Crippen molar-refractivity contribution in [3.05, 3.63) is 47.4 Å². The van der Waals surface area contributed by atoms with Gasteiger partial charge in [-0.15, -0.1) is 0 Å². The lowest BCUT2D eigenvalue weighted by atomic mass is 9.99. The molecule has 0 saturated carbocycles. The Labute approximate surface area is 189 Å². The molecule has 0 aliphatic carbocycles. The average molecular weight is 463 g/mol. The first-order valence-electron chi connectivity index (χ1n) is 10.4. The molecule has 8 nitrogen and oxygen atoms in total. The number of halogens is 2. The van der Waals surface area contributed by atoms with Crippen molar-refractivity contribution < 1.29 is 23.5 Å². The maximum atomic E-state index is 13.1. The van der Waals surface area contributed by atoms with Crippen LogP contribution >= 0.6 is 11.6 Å². The summed E-state index contributed by atoms with van der Waals surface area (Å²) in [7, 11) is 0. The summed E-state index contributed by atoms with van der Waals surface area (Å²) in [5, 5.41) is 2.88. The Kier molecular flexibility index (Phi) is 6.76. The second-order valence-electron chi connectivity index (χ2n) is 7.90. The van der Waals surface area contributed by atoms with Gasteiger partial charge in [-0.05, 0) is 43.2 Å². The predicted molar refractivity (Wildman–Crippen MR) is 116 cm³/mol. The molecule has 2 unspecified atom stereocenters. The molecule has 10 heteroatoms. The van der Waals surface area contributed by atoms with Gasteiger partial charge in [0.25, 0.3) is 5.91 Å².